The lowest BCUT2D eigenvalue weighted by Crippen LogP contribution is -2.28. The van der Waals surface area contributed by atoms with Gasteiger partial charge in [-0.15, -0.1) is 0 Å². The fourth-order valence-corrected chi connectivity index (χ4v) is 3.72. The minimum atomic E-state index is -0.266. The highest BCUT2D eigenvalue weighted by Gasteiger charge is 2.32. The lowest BCUT2D eigenvalue weighted by molar-refractivity contribution is 0.409. The first-order valence-electron chi connectivity index (χ1n) is 7.36. The molecule has 0 saturated heterocycles. The van der Waals surface area contributed by atoms with E-state index < -0.39 is 0 Å². The van der Waals surface area contributed by atoms with Crippen molar-refractivity contribution in [3.63, 3.8) is 0 Å². The van der Waals surface area contributed by atoms with E-state index in [1.54, 1.807) is 16.8 Å². The number of fused-ring (bicyclic) bond motifs is 1. The van der Waals surface area contributed by atoms with Crippen molar-refractivity contribution in [3.05, 3.63) is 67.5 Å². The van der Waals surface area contributed by atoms with Crippen LogP contribution < -0.4 is 5.32 Å². The van der Waals surface area contributed by atoms with Crippen molar-refractivity contribution in [2.75, 3.05) is 5.32 Å². The molecule has 0 bridgehead atoms. The predicted molar refractivity (Wildman–Crippen MR) is 100 cm³/mol. The molecule has 24 heavy (non-hydrogen) atoms. The quantitative estimate of drug-likeness (QED) is 0.533. The number of anilines is 1. The summed E-state index contributed by atoms with van der Waals surface area (Å²) in [4.78, 5) is 0. The fraction of sp³-hybridized carbons (Fsp3) is 0.188. The molecule has 0 spiro atoms. The van der Waals surface area contributed by atoms with Gasteiger partial charge in [0, 0.05) is 13.6 Å². The molecular weight excluding hydrogens is 488 g/mol. The Kier molecular flexibility index (Phi) is 4.25. The zero-order valence-electron chi connectivity index (χ0n) is 12.3. The minimum Gasteiger partial charge on any atom is -0.346 e. The van der Waals surface area contributed by atoms with E-state index in [-0.39, 0.29) is 17.9 Å². The Bertz CT molecular complexity index is 882. The summed E-state index contributed by atoms with van der Waals surface area (Å²) < 4.78 is 18.1. The molecule has 2 atom stereocenters. The van der Waals surface area contributed by atoms with Gasteiger partial charge in [0.05, 0.1) is 12.1 Å². The third-order valence-electron chi connectivity index (χ3n) is 4.14. The molecule has 0 radical (unpaired) electrons. The maximum atomic E-state index is 14.4. The van der Waals surface area contributed by atoms with Crippen molar-refractivity contribution in [3.8, 4) is 0 Å². The van der Waals surface area contributed by atoms with Gasteiger partial charge in [0.15, 0.2) is 0 Å². The minimum absolute atomic E-state index is 0.0175. The Morgan fingerprint density at radius 2 is 2.00 bits per heavy atom. The number of tetrazole rings is 1. The second-order valence-corrected chi connectivity index (χ2v) is 7.77. The Balaban J connectivity index is 1.76. The number of hydrogen-bond donors (Lipinski definition) is 1. The van der Waals surface area contributed by atoms with E-state index in [4.69, 9.17) is 0 Å². The number of nitrogens with zero attached hydrogens (tertiary/aromatic N) is 4. The molecule has 122 valence electrons. The molecule has 0 saturated carbocycles. The number of aromatic nitrogens is 4. The Labute approximate surface area is 159 Å². The molecule has 3 aromatic rings. The summed E-state index contributed by atoms with van der Waals surface area (Å²) in [6, 6.07) is 13.0. The molecule has 2 aromatic carbocycles. The number of benzene rings is 2. The number of rotatable bonds is 2. The van der Waals surface area contributed by atoms with Crippen molar-refractivity contribution >= 4 is 44.5 Å². The summed E-state index contributed by atoms with van der Waals surface area (Å²) in [6.45, 7) is 0. The summed E-state index contributed by atoms with van der Waals surface area (Å²) in [7, 11) is 0. The van der Waals surface area contributed by atoms with E-state index >= 15 is 0 Å². The van der Waals surface area contributed by atoms with Crippen molar-refractivity contribution < 1.29 is 4.39 Å². The molecule has 0 aliphatic carbocycles. The molecular formula is C16H12BrFIN5. The molecule has 1 aromatic heterocycles. The summed E-state index contributed by atoms with van der Waals surface area (Å²) in [5, 5.41) is 15.1. The summed E-state index contributed by atoms with van der Waals surface area (Å²) in [6.07, 6.45) is 0.659. The van der Waals surface area contributed by atoms with Crippen LogP contribution in [-0.4, -0.2) is 20.2 Å². The van der Waals surface area contributed by atoms with Crippen LogP contribution in [0.1, 0.15) is 29.6 Å². The van der Waals surface area contributed by atoms with Crippen LogP contribution in [0.15, 0.2) is 46.9 Å². The van der Waals surface area contributed by atoms with Crippen molar-refractivity contribution in [1.29, 1.82) is 0 Å². The first-order valence-corrected chi connectivity index (χ1v) is 9.24. The van der Waals surface area contributed by atoms with Crippen molar-refractivity contribution in [2.24, 2.45) is 0 Å². The molecule has 8 heteroatoms. The van der Waals surface area contributed by atoms with Crippen LogP contribution in [0.3, 0.4) is 0 Å². The molecule has 0 fully saturated rings. The molecule has 1 aliphatic heterocycles. The molecule has 2 heterocycles. The largest absolute Gasteiger partial charge is 0.346 e. The topological polar surface area (TPSA) is 55.6 Å². The Hall–Kier alpha value is -1.55. The maximum Gasteiger partial charge on any atom is 0.243 e. The highest BCUT2D eigenvalue weighted by atomic mass is 127. The van der Waals surface area contributed by atoms with E-state index in [9.17, 15) is 4.39 Å². The van der Waals surface area contributed by atoms with Crippen LogP contribution in [0, 0.1) is 9.39 Å². The van der Waals surface area contributed by atoms with E-state index in [2.05, 4.69) is 83.6 Å². The monoisotopic (exact) mass is 499 g/mol. The van der Waals surface area contributed by atoms with Gasteiger partial charge < -0.3 is 5.32 Å². The average molecular weight is 500 g/mol. The molecule has 5 nitrogen and oxygen atoms in total. The van der Waals surface area contributed by atoms with Gasteiger partial charge in [0.2, 0.25) is 5.95 Å². The van der Waals surface area contributed by atoms with Gasteiger partial charge in [-0.1, -0.05) is 33.2 Å². The smallest absolute Gasteiger partial charge is 0.243 e. The average Bonchev–Trinajstić information content (AvgIpc) is 3.05. The predicted octanol–water partition coefficient (Wildman–Crippen LogP) is 4.33. The SMILES string of the molecule is Fc1ccc(Br)cc1[C@@H]1C[C@H](c2ccc(I)cc2)Nc2nnnn21. The highest BCUT2D eigenvalue weighted by Crippen LogP contribution is 2.38. The molecule has 4 rings (SSSR count). The van der Waals surface area contributed by atoms with E-state index in [0.717, 1.165) is 10.0 Å². The van der Waals surface area contributed by atoms with Crippen LogP contribution >= 0.6 is 38.5 Å². The lowest BCUT2D eigenvalue weighted by Gasteiger charge is -2.31. The van der Waals surface area contributed by atoms with Crippen LogP contribution in [0.2, 0.25) is 0 Å². The number of hydrogen-bond acceptors (Lipinski definition) is 4. The third kappa shape index (κ3) is 2.92. The number of halogens is 3. The maximum absolute atomic E-state index is 14.4. The second kappa shape index (κ2) is 6.40. The molecule has 1 aliphatic rings. The first-order chi connectivity index (χ1) is 11.6. The van der Waals surface area contributed by atoms with Gasteiger partial charge in [0.25, 0.3) is 0 Å². The first kappa shape index (κ1) is 15.9. The van der Waals surface area contributed by atoms with Crippen LogP contribution in [0.25, 0.3) is 0 Å². The molecule has 0 amide bonds. The summed E-state index contributed by atoms with van der Waals surface area (Å²) in [5.41, 5.74) is 1.71. The van der Waals surface area contributed by atoms with Gasteiger partial charge >= 0.3 is 0 Å². The standard InChI is InChI=1S/C16H12BrFIN5/c17-10-3-6-13(18)12(7-10)15-8-14(9-1-4-11(19)5-2-9)20-16-21-22-23-24(15)16/h1-7,14-15H,8H2,(H,20,21,23)/t14-,15+/m1/s1. The van der Waals surface area contributed by atoms with Gasteiger partial charge in [-0.05, 0) is 75.3 Å². The van der Waals surface area contributed by atoms with Crippen molar-refractivity contribution in [2.45, 2.75) is 18.5 Å². The van der Waals surface area contributed by atoms with Gasteiger partial charge in [-0.2, -0.15) is 0 Å². The zero-order chi connectivity index (χ0) is 16.7. The van der Waals surface area contributed by atoms with Gasteiger partial charge in [-0.3, -0.25) is 0 Å². The van der Waals surface area contributed by atoms with Crippen LogP contribution in [0.4, 0.5) is 10.3 Å². The van der Waals surface area contributed by atoms with E-state index in [1.807, 2.05) is 0 Å². The summed E-state index contributed by atoms with van der Waals surface area (Å²) in [5.74, 6) is 0.294. The zero-order valence-corrected chi connectivity index (χ0v) is 16.1. The third-order valence-corrected chi connectivity index (χ3v) is 5.35. The van der Waals surface area contributed by atoms with Crippen molar-refractivity contribution in [1.82, 2.24) is 20.2 Å². The lowest BCUT2D eigenvalue weighted by atomic mass is 9.93. The van der Waals surface area contributed by atoms with E-state index in [1.165, 1.54) is 9.64 Å². The van der Waals surface area contributed by atoms with Gasteiger partial charge in [-0.25, -0.2) is 9.07 Å². The van der Waals surface area contributed by atoms with Crippen LogP contribution in [-0.2, 0) is 0 Å². The Morgan fingerprint density at radius 3 is 2.79 bits per heavy atom. The number of nitrogens with one attached hydrogen (secondary N) is 1. The highest BCUT2D eigenvalue weighted by molar-refractivity contribution is 14.1. The fourth-order valence-electron chi connectivity index (χ4n) is 2.98. The van der Waals surface area contributed by atoms with E-state index in [0.29, 0.717) is 17.9 Å². The molecule has 0 unspecified atom stereocenters. The molecule has 1 N–H and O–H groups in total. The second-order valence-electron chi connectivity index (χ2n) is 5.61. The Morgan fingerprint density at radius 1 is 1.21 bits per heavy atom. The van der Waals surface area contributed by atoms with Crippen LogP contribution in [0.5, 0.6) is 0 Å². The van der Waals surface area contributed by atoms with Gasteiger partial charge in [0.1, 0.15) is 5.82 Å². The normalized spacial score (nSPS) is 19.6. The summed E-state index contributed by atoms with van der Waals surface area (Å²) >= 11 is 5.69.